The quantitative estimate of drug-likeness (QED) is 0.0845. The number of nitriles is 1. The number of rotatable bonds is 16. The predicted octanol–water partition coefficient (Wildman–Crippen LogP) is 6.94. The van der Waals surface area contributed by atoms with Gasteiger partial charge in [0.05, 0.1) is 51.0 Å². The van der Waals surface area contributed by atoms with Crippen LogP contribution >= 0.6 is 22.9 Å². The first-order chi connectivity index (χ1) is 33.9. The maximum Gasteiger partial charge on any atom is 0.253 e. The summed E-state index contributed by atoms with van der Waals surface area (Å²) in [5.41, 5.74) is 4.03. The maximum absolute atomic E-state index is 14.2. The number of nitrogens with one attached hydrogen (secondary N) is 3. The van der Waals surface area contributed by atoms with Crippen LogP contribution < -0.4 is 25.6 Å². The molecule has 2 aromatic heterocycles. The lowest BCUT2D eigenvalue weighted by Gasteiger charge is -2.63. The van der Waals surface area contributed by atoms with E-state index in [0.717, 1.165) is 27.5 Å². The highest BCUT2D eigenvalue weighted by molar-refractivity contribution is 7.13. The van der Waals surface area contributed by atoms with Crippen LogP contribution in [0.15, 0.2) is 66.3 Å². The summed E-state index contributed by atoms with van der Waals surface area (Å²) in [6, 6.07) is 16.6. The van der Waals surface area contributed by atoms with Crippen molar-refractivity contribution in [2.75, 3.05) is 44.3 Å². The first kappa shape index (κ1) is 54.1. The van der Waals surface area contributed by atoms with Gasteiger partial charge >= 0.3 is 0 Å². The fraction of sp³-hybridized carbons (Fsp3) is 0.537. The molecule has 18 heteroatoms. The van der Waals surface area contributed by atoms with Crippen LogP contribution in [0.25, 0.3) is 10.4 Å². The van der Waals surface area contributed by atoms with E-state index in [1.54, 1.807) is 41.8 Å². The van der Waals surface area contributed by atoms with Crippen LogP contribution in [-0.4, -0.2) is 130 Å². The summed E-state index contributed by atoms with van der Waals surface area (Å²) in [7, 11) is 0. The highest BCUT2D eigenvalue weighted by Gasteiger charge is 2.64. The van der Waals surface area contributed by atoms with Gasteiger partial charge in [0.1, 0.15) is 42.4 Å². The molecule has 16 nitrogen and oxygen atoms in total. The minimum Gasteiger partial charge on any atom is -0.489 e. The summed E-state index contributed by atoms with van der Waals surface area (Å²) in [6.07, 6.45) is 0.594. The zero-order chi connectivity index (χ0) is 52.4. The Morgan fingerprint density at radius 2 is 1.65 bits per heavy atom. The lowest BCUT2D eigenvalue weighted by Crippen LogP contribution is -2.74. The Morgan fingerprint density at radius 3 is 2.24 bits per heavy atom. The van der Waals surface area contributed by atoms with Gasteiger partial charge in [-0.1, -0.05) is 84.3 Å². The van der Waals surface area contributed by atoms with Crippen LogP contribution in [0.2, 0.25) is 5.02 Å². The number of aliphatic hydroxyl groups is 1. The van der Waals surface area contributed by atoms with Gasteiger partial charge in [-0.05, 0) is 68.5 Å². The molecule has 2 saturated heterocycles. The van der Waals surface area contributed by atoms with Crippen molar-refractivity contribution in [2.45, 2.75) is 131 Å². The molecule has 6 atom stereocenters. The SMILES string of the molecule is Cc1ncsc1-c1ccc([C@H](C)NC(=O)C2C[C@@H](O)CN2C(=O)[C@@H](NC(=O)COCCN2[C@H](C)CN(c3ccc(C(=O)N[C@H]4C(C)(C)[C@H](Oc5ccc(C#N)c(Cl)c5)C4(C)C)cn3)C[C@@H]2C)C(C)(C)C)cc1. The highest BCUT2D eigenvalue weighted by Crippen LogP contribution is 2.55. The fourth-order valence-electron chi connectivity index (χ4n) is 11.1. The van der Waals surface area contributed by atoms with E-state index in [1.807, 2.05) is 70.5 Å². The average molecular weight is 1020 g/mol. The molecule has 7 rings (SSSR count). The van der Waals surface area contributed by atoms with E-state index in [0.29, 0.717) is 41.5 Å². The summed E-state index contributed by atoms with van der Waals surface area (Å²) in [6.45, 7) is 23.9. The summed E-state index contributed by atoms with van der Waals surface area (Å²) in [4.78, 5) is 71.0. The molecule has 2 aliphatic heterocycles. The second kappa shape index (κ2) is 21.8. The number of aromatic nitrogens is 2. The number of carbonyl (C=O) groups is 4. The van der Waals surface area contributed by atoms with Crippen molar-refractivity contribution in [3.05, 3.63) is 93.7 Å². The zero-order valence-electron chi connectivity index (χ0n) is 43.3. The summed E-state index contributed by atoms with van der Waals surface area (Å²) in [5, 5.41) is 29.5. The molecule has 3 aliphatic rings. The third-order valence-electron chi connectivity index (χ3n) is 14.7. The van der Waals surface area contributed by atoms with E-state index in [1.165, 1.54) is 4.90 Å². The van der Waals surface area contributed by atoms with Gasteiger partial charge < -0.3 is 40.3 Å². The van der Waals surface area contributed by atoms with E-state index < -0.39 is 46.2 Å². The molecule has 4 N–H and O–H groups in total. The second-order valence-corrected chi connectivity index (χ2v) is 23.2. The zero-order valence-corrected chi connectivity index (χ0v) is 44.9. The Labute approximate surface area is 432 Å². The van der Waals surface area contributed by atoms with Crippen LogP contribution in [-0.2, 0) is 19.1 Å². The number of likely N-dealkylation sites (tertiary alicyclic amines) is 1. The third-order valence-corrected chi connectivity index (χ3v) is 15.9. The van der Waals surface area contributed by atoms with Crippen molar-refractivity contribution < 1.29 is 33.8 Å². The number of aryl methyl sites for hydroxylation is 1. The number of hydrogen-bond donors (Lipinski definition) is 4. The van der Waals surface area contributed by atoms with E-state index in [-0.39, 0.29) is 68.3 Å². The second-order valence-electron chi connectivity index (χ2n) is 22.0. The molecule has 4 amide bonds. The molecule has 4 heterocycles. The van der Waals surface area contributed by atoms with E-state index in [4.69, 9.17) is 26.1 Å². The van der Waals surface area contributed by atoms with Crippen molar-refractivity contribution in [3.8, 4) is 22.3 Å². The number of β-amino-alcohol motifs (C(OH)–C–C–N with tert-alkyl or cyclic N) is 1. The molecule has 1 unspecified atom stereocenters. The van der Waals surface area contributed by atoms with Crippen LogP contribution in [0, 0.1) is 34.5 Å². The number of aliphatic hydroxyl groups excluding tert-OH is 1. The monoisotopic (exact) mass is 1020 g/mol. The molecule has 386 valence electrons. The number of pyridine rings is 1. The van der Waals surface area contributed by atoms with Gasteiger partial charge in [0.25, 0.3) is 5.91 Å². The Hall–Kier alpha value is -5.64. The van der Waals surface area contributed by atoms with Crippen LogP contribution in [0.1, 0.15) is 109 Å². The fourth-order valence-corrected chi connectivity index (χ4v) is 12.1. The number of benzene rings is 2. The number of amides is 4. The van der Waals surface area contributed by atoms with E-state index in [9.17, 15) is 29.5 Å². The molecule has 1 saturated carbocycles. The topological polar surface area (TPSA) is 202 Å². The molecule has 0 spiro atoms. The summed E-state index contributed by atoms with van der Waals surface area (Å²) >= 11 is 7.84. The standard InChI is InChI=1S/C54H70ClN9O7S/c1-31-26-62(43-19-17-38(25-57-43)47(67)61-50-53(8,9)51(54(50,10)11)71-40-18-16-37(24-56)41(55)23-40)27-32(2)63(31)20-21-70-29-44(66)60-46(52(5,6)7)49(69)64-28-39(65)22-42(64)48(68)59-33(3)35-12-14-36(15-13-35)45-34(4)58-30-72-45/h12-19,23,25,30-33,39,42,46,50-51,65H,20-22,26-29H2,1-11H3,(H,59,68)(H,60,66)(H,61,67)/t31-,32+,33-,39+,42?,46+,50-,51-/m0/s1. The van der Waals surface area contributed by atoms with E-state index in [2.05, 4.69) is 78.3 Å². The molecule has 0 radical (unpaired) electrons. The smallest absolute Gasteiger partial charge is 0.253 e. The van der Waals surface area contributed by atoms with Crippen LogP contribution in [0.3, 0.4) is 0 Å². The van der Waals surface area contributed by atoms with Gasteiger partial charge in [-0.15, -0.1) is 11.3 Å². The van der Waals surface area contributed by atoms with Gasteiger partial charge in [0, 0.05) is 73.8 Å². The van der Waals surface area contributed by atoms with Gasteiger partial charge in [-0.2, -0.15) is 5.26 Å². The largest absolute Gasteiger partial charge is 0.489 e. The molecular weight excluding hydrogens is 954 g/mol. The summed E-state index contributed by atoms with van der Waals surface area (Å²) in [5.74, 6) is -0.133. The van der Waals surface area contributed by atoms with Gasteiger partial charge in [0.15, 0.2) is 0 Å². The van der Waals surface area contributed by atoms with Gasteiger partial charge in [-0.25, -0.2) is 9.97 Å². The molecule has 0 bridgehead atoms. The first-order valence-corrected chi connectivity index (χ1v) is 26.0. The number of nitrogens with zero attached hydrogens (tertiary/aromatic N) is 6. The number of carbonyl (C=O) groups excluding carboxylic acids is 4. The van der Waals surface area contributed by atoms with Crippen LogP contribution in [0.5, 0.6) is 5.75 Å². The van der Waals surface area contributed by atoms with Crippen molar-refractivity contribution in [1.29, 1.82) is 5.26 Å². The molecule has 2 aromatic carbocycles. The number of ether oxygens (including phenoxy) is 2. The molecule has 4 aromatic rings. The maximum atomic E-state index is 14.2. The van der Waals surface area contributed by atoms with Gasteiger partial charge in [0.2, 0.25) is 17.7 Å². The predicted molar refractivity (Wildman–Crippen MR) is 279 cm³/mol. The van der Waals surface area contributed by atoms with Crippen molar-refractivity contribution in [1.82, 2.24) is 35.7 Å². The van der Waals surface area contributed by atoms with Crippen molar-refractivity contribution in [3.63, 3.8) is 0 Å². The Kier molecular flexibility index (Phi) is 16.4. The molecule has 1 aliphatic carbocycles. The Balaban J connectivity index is 0.861. The third kappa shape index (κ3) is 11.7. The van der Waals surface area contributed by atoms with E-state index >= 15 is 0 Å². The first-order valence-electron chi connectivity index (χ1n) is 24.7. The number of piperazine rings is 1. The van der Waals surface area contributed by atoms with Gasteiger partial charge in [-0.3, -0.25) is 24.1 Å². The lowest BCUT2D eigenvalue weighted by molar-refractivity contribution is -0.164. The Morgan fingerprint density at radius 1 is 0.972 bits per heavy atom. The van der Waals surface area contributed by atoms with Crippen molar-refractivity contribution >= 4 is 52.4 Å². The minimum absolute atomic E-state index is 0.0226. The van der Waals surface area contributed by atoms with Crippen molar-refractivity contribution in [2.24, 2.45) is 16.2 Å². The highest BCUT2D eigenvalue weighted by atomic mass is 35.5. The number of anilines is 1. The summed E-state index contributed by atoms with van der Waals surface area (Å²) < 4.78 is 12.3. The van der Waals surface area contributed by atoms with Crippen LogP contribution in [0.4, 0.5) is 5.82 Å². The lowest BCUT2D eigenvalue weighted by atomic mass is 9.49. The molecular formula is C54H70ClN9O7S. The normalized spacial score (nSPS) is 23.6. The number of thiazole rings is 1. The Bertz CT molecular complexity index is 2620. The molecule has 72 heavy (non-hydrogen) atoms. The number of hydrogen-bond acceptors (Lipinski definition) is 13. The minimum atomic E-state index is -0.975. The molecule has 3 fully saturated rings. The number of halogens is 1. The average Bonchev–Trinajstić information content (AvgIpc) is 3.95.